The monoisotopic (exact) mass is 263 g/mol. The fourth-order valence-electron chi connectivity index (χ4n) is 3.80. The van der Waals surface area contributed by atoms with E-state index in [1.165, 1.54) is 31.3 Å². The second kappa shape index (κ2) is 6.74. The molecular weight excluding hydrogens is 230 g/mol. The molecule has 0 saturated heterocycles. The van der Waals surface area contributed by atoms with Gasteiger partial charge in [-0.15, -0.1) is 0 Å². The van der Waals surface area contributed by atoms with Crippen molar-refractivity contribution < 1.29 is 0 Å². The lowest BCUT2D eigenvalue weighted by molar-refractivity contribution is 0.178. The van der Waals surface area contributed by atoms with Crippen molar-refractivity contribution in [1.29, 1.82) is 0 Å². The van der Waals surface area contributed by atoms with Crippen LogP contribution in [-0.4, -0.2) is 25.5 Å². The van der Waals surface area contributed by atoms with Crippen molar-refractivity contribution in [1.82, 2.24) is 4.90 Å². The summed E-state index contributed by atoms with van der Waals surface area (Å²) >= 11 is 0. The fraction of sp³-hybridized carbons (Fsp3) is 0.778. The first-order valence-electron chi connectivity index (χ1n) is 7.83. The fourth-order valence-corrected chi connectivity index (χ4v) is 3.80. The maximum absolute atomic E-state index is 2.47. The van der Waals surface area contributed by atoms with Gasteiger partial charge in [0.2, 0.25) is 0 Å². The smallest absolute Gasteiger partial charge is 0.00790 e. The van der Waals surface area contributed by atoms with Gasteiger partial charge < -0.3 is 4.90 Å². The molecule has 0 unspecified atom stereocenters. The van der Waals surface area contributed by atoms with Crippen molar-refractivity contribution in [3.8, 4) is 0 Å². The second-order valence-corrected chi connectivity index (χ2v) is 6.90. The molecule has 0 N–H and O–H groups in total. The van der Waals surface area contributed by atoms with Crippen molar-refractivity contribution in [3.63, 3.8) is 0 Å². The predicted molar refractivity (Wildman–Crippen MR) is 86.4 cm³/mol. The van der Waals surface area contributed by atoms with Crippen molar-refractivity contribution in [2.45, 2.75) is 60.3 Å². The minimum Gasteiger partial charge on any atom is -0.309 e. The van der Waals surface area contributed by atoms with E-state index in [9.17, 15) is 0 Å². The molecule has 19 heavy (non-hydrogen) atoms. The number of rotatable bonds is 6. The number of hydrogen-bond acceptors (Lipinski definition) is 1. The molecule has 0 aromatic carbocycles. The Morgan fingerprint density at radius 1 is 1.16 bits per heavy atom. The van der Waals surface area contributed by atoms with E-state index in [1.54, 1.807) is 11.1 Å². The third kappa shape index (κ3) is 3.72. The summed E-state index contributed by atoms with van der Waals surface area (Å²) in [5.74, 6) is 0.713. The quantitative estimate of drug-likeness (QED) is 0.606. The molecular formula is C18H33N. The number of unbranched alkanes of at least 4 members (excludes halogenated alkanes) is 2. The highest BCUT2D eigenvalue weighted by molar-refractivity contribution is 5.38. The van der Waals surface area contributed by atoms with E-state index in [-0.39, 0.29) is 0 Å². The minimum atomic E-state index is 0.306. The molecule has 1 rings (SSSR count). The Kier molecular flexibility index (Phi) is 5.85. The molecule has 0 amide bonds. The van der Waals surface area contributed by atoms with Gasteiger partial charge in [0.1, 0.15) is 0 Å². The first-order chi connectivity index (χ1) is 8.82. The molecule has 0 bridgehead atoms. The summed E-state index contributed by atoms with van der Waals surface area (Å²) in [6.45, 7) is 12.9. The Morgan fingerprint density at radius 2 is 1.79 bits per heavy atom. The van der Waals surface area contributed by atoms with Crippen molar-refractivity contribution in [3.05, 3.63) is 22.8 Å². The molecule has 0 heterocycles. The Morgan fingerprint density at radius 3 is 2.32 bits per heavy atom. The van der Waals surface area contributed by atoms with Crippen molar-refractivity contribution >= 4 is 0 Å². The summed E-state index contributed by atoms with van der Waals surface area (Å²) < 4.78 is 0. The topological polar surface area (TPSA) is 3.24 Å². The molecule has 0 spiro atoms. The first kappa shape index (κ1) is 16.5. The molecule has 0 aliphatic heterocycles. The summed E-state index contributed by atoms with van der Waals surface area (Å²) in [7, 11) is 4.40. The molecule has 1 aliphatic carbocycles. The molecule has 2 atom stereocenters. The van der Waals surface area contributed by atoms with Crippen LogP contribution in [-0.2, 0) is 0 Å². The molecule has 0 aromatic rings. The molecule has 0 fully saturated rings. The zero-order valence-corrected chi connectivity index (χ0v) is 14.1. The average molecular weight is 263 g/mol. The molecule has 1 nitrogen and oxygen atoms in total. The van der Waals surface area contributed by atoms with Crippen LogP contribution in [0.2, 0.25) is 0 Å². The van der Waals surface area contributed by atoms with E-state index >= 15 is 0 Å². The van der Waals surface area contributed by atoms with Crippen molar-refractivity contribution in [2.24, 2.45) is 11.3 Å². The van der Waals surface area contributed by atoms with Gasteiger partial charge in [-0.3, -0.25) is 0 Å². The normalized spacial score (nSPS) is 28.0. The number of nitrogens with zero attached hydrogens (tertiary/aromatic N) is 1. The van der Waals surface area contributed by atoms with Gasteiger partial charge in [0.05, 0.1) is 0 Å². The lowest BCUT2D eigenvalue weighted by Gasteiger charge is -2.45. The predicted octanol–water partition coefficient (Wildman–Crippen LogP) is 5.05. The molecule has 0 aromatic heterocycles. The van der Waals surface area contributed by atoms with E-state index in [0.29, 0.717) is 11.3 Å². The maximum atomic E-state index is 2.47. The third-order valence-electron chi connectivity index (χ3n) is 4.95. The van der Waals surface area contributed by atoms with E-state index < -0.39 is 0 Å². The van der Waals surface area contributed by atoms with Crippen LogP contribution in [0.15, 0.2) is 22.8 Å². The largest absolute Gasteiger partial charge is 0.309 e. The third-order valence-corrected chi connectivity index (χ3v) is 4.95. The highest BCUT2D eigenvalue weighted by Gasteiger charge is 2.39. The Balaban J connectivity index is 3.00. The highest BCUT2D eigenvalue weighted by Crippen LogP contribution is 2.47. The number of hydrogen-bond donors (Lipinski definition) is 0. The molecule has 0 saturated carbocycles. The standard InChI is InChI=1S/C18H33N/c1-8-9-10-11-17-15(3)12-14(2)16(4)18(17,5)13-19(6)7/h12,17H,8-11,13H2,1-7H3/t17-,18+/m0/s1. The zero-order chi connectivity index (χ0) is 14.6. The van der Waals surface area contributed by atoms with Crippen LogP contribution in [0.3, 0.4) is 0 Å². The molecule has 0 radical (unpaired) electrons. The maximum Gasteiger partial charge on any atom is 0.00790 e. The minimum absolute atomic E-state index is 0.306. The summed E-state index contributed by atoms with van der Waals surface area (Å²) in [5, 5.41) is 0. The van der Waals surface area contributed by atoms with E-state index in [2.05, 4.69) is 59.7 Å². The van der Waals surface area contributed by atoms with Crippen molar-refractivity contribution in [2.75, 3.05) is 20.6 Å². The van der Waals surface area contributed by atoms with E-state index in [4.69, 9.17) is 0 Å². The van der Waals surface area contributed by atoms with Crippen LogP contribution in [0, 0.1) is 11.3 Å². The van der Waals surface area contributed by atoms with Crippen LogP contribution in [0.4, 0.5) is 0 Å². The van der Waals surface area contributed by atoms with Gasteiger partial charge in [0.25, 0.3) is 0 Å². The Labute approximate surface area is 120 Å². The van der Waals surface area contributed by atoms with Crippen LogP contribution >= 0.6 is 0 Å². The summed E-state index contributed by atoms with van der Waals surface area (Å²) in [6.07, 6.45) is 7.80. The van der Waals surface area contributed by atoms with Crippen LogP contribution in [0.1, 0.15) is 60.3 Å². The summed E-state index contributed by atoms with van der Waals surface area (Å²) in [4.78, 5) is 2.35. The van der Waals surface area contributed by atoms with E-state index in [0.717, 1.165) is 6.54 Å². The summed E-state index contributed by atoms with van der Waals surface area (Å²) in [5.41, 5.74) is 4.96. The molecule has 1 aliphatic rings. The van der Waals surface area contributed by atoms with E-state index in [1.807, 2.05) is 0 Å². The van der Waals surface area contributed by atoms with Gasteiger partial charge in [-0.25, -0.2) is 0 Å². The average Bonchev–Trinajstić information content (AvgIpc) is 2.30. The van der Waals surface area contributed by atoms with Gasteiger partial charge in [-0.1, -0.05) is 55.9 Å². The molecule has 1 heteroatoms. The van der Waals surface area contributed by atoms with Gasteiger partial charge in [-0.2, -0.15) is 0 Å². The number of allylic oxidation sites excluding steroid dienone is 3. The molecule has 110 valence electrons. The summed E-state index contributed by atoms with van der Waals surface area (Å²) in [6, 6.07) is 0. The van der Waals surface area contributed by atoms with Gasteiger partial charge in [-0.05, 0) is 47.2 Å². The van der Waals surface area contributed by atoms with Gasteiger partial charge >= 0.3 is 0 Å². The zero-order valence-electron chi connectivity index (χ0n) is 14.1. The lowest BCUT2D eigenvalue weighted by Crippen LogP contribution is -2.41. The highest BCUT2D eigenvalue weighted by atomic mass is 15.1. The van der Waals surface area contributed by atoms with Crippen LogP contribution < -0.4 is 0 Å². The lowest BCUT2D eigenvalue weighted by atomic mass is 9.63. The Hall–Kier alpha value is -0.560. The van der Waals surface area contributed by atoms with Crippen LogP contribution in [0.5, 0.6) is 0 Å². The van der Waals surface area contributed by atoms with Gasteiger partial charge in [0.15, 0.2) is 0 Å². The van der Waals surface area contributed by atoms with Crippen LogP contribution in [0.25, 0.3) is 0 Å². The SMILES string of the molecule is CCCCC[C@H]1C(C)=CC(C)=C(C)[C@@]1(C)CN(C)C. The second-order valence-electron chi connectivity index (χ2n) is 6.90. The first-order valence-corrected chi connectivity index (χ1v) is 7.83. The van der Waals surface area contributed by atoms with Gasteiger partial charge in [0, 0.05) is 12.0 Å². The Bertz CT molecular complexity index is 362.